The lowest BCUT2D eigenvalue weighted by Crippen LogP contribution is -2.23. The number of carbonyl (C=O) groups is 1. The Kier molecular flexibility index (Phi) is 4.76. The zero-order valence-corrected chi connectivity index (χ0v) is 9.04. The minimum Gasteiger partial charge on any atom is -0.349 e. The maximum atomic E-state index is 11.3. The van der Waals surface area contributed by atoms with Gasteiger partial charge in [-0.05, 0) is 13.5 Å². The molecule has 0 atom stereocenters. The fraction of sp³-hybridized carbons (Fsp3) is 0.667. The first-order chi connectivity index (χ1) is 7.27. The van der Waals surface area contributed by atoms with Gasteiger partial charge in [0.05, 0.1) is 0 Å². The third-order valence-electron chi connectivity index (χ3n) is 1.77. The Morgan fingerprint density at radius 1 is 1.40 bits per heavy atom. The molecule has 0 radical (unpaired) electrons. The summed E-state index contributed by atoms with van der Waals surface area (Å²) in [5, 5.41) is 9.32. The van der Waals surface area contributed by atoms with E-state index in [0.29, 0.717) is 18.9 Å². The van der Waals surface area contributed by atoms with Gasteiger partial charge in [0.15, 0.2) is 0 Å². The first kappa shape index (κ1) is 11.6. The molecule has 0 aromatic carbocycles. The van der Waals surface area contributed by atoms with Gasteiger partial charge in [0.25, 0.3) is 11.7 Å². The number of rotatable bonds is 6. The van der Waals surface area contributed by atoms with Gasteiger partial charge in [-0.25, -0.2) is 0 Å². The average Bonchev–Trinajstić information content (AvgIpc) is 2.67. The Morgan fingerprint density at radius 3 is 2.87 bits per heavy atom. The highest BCUT2D eigenvalue weighted by Crippen LogP contribution is 1.97. The smallest absolute Gasteiger partial charge is 0.292 e. The van der Waals surface area contributed by atoms with Crippen LogP contribution in [0.1, 0.15) is 30.4 Å². The molecule has 6 heteroatoms. The molecule has 2 N–H and O–H groups in total. The minimum absolute atomic E-state index is 0.100. The normalized spacial score (nSPS) is 10.3. The fourth-order valence-corrected chi connectivity index (χ4v) is 1.06. The summed E-state index contributed by atoms with van der Waals surface area (Å²) in [7, 11) is 0. The van der Waals surface area contributed by atoms with Gasteiger partial charge < -0.3 is 15.2 Å². The van der Waals surface area contributed by atoms with E-state index in [1.807, 2.05) is 13.8 Å². The van der Waals surface area contributed by atoms with Crippen LogP contribution in [0.2, 0.25) is 0 Å². The fourth-order valence-electron chi connectivity index (χ4n) is 1.06. The van der Waals surface area contributed by atoms with Crippen molar-refractivity contribution in [1.82, 2.24) is 20.8 Å². The number of hydrogen-bond acceptors (Lipinski definition) is 5. The van der Waals surface area contributed by atoms with E-state index in [-0.39, 0.29) is 11.7 Å². The van der Waals surface area contributed by atoms with Crippen LogP contribution >= 0.6 is 0 Å². The van der Waals surface area contributed by atoms with Crippen molar-refractivity contribution in [3.63, 3.8) is 0 Å². The summed E-state index contributed by atoms with van der Waals surface area (Å²) in [5.74, 6) is 0.288. The van der Waals surface area contributed by atoms with Gasteiger partial charge in [-0.2, -0.15) is 4.98 Å². The van der Waals surface area contributed by atoms with Gasteiger partial charge in [0, 0.05) is 19.5 Å². The molecule has 1 heterocycles. The van der Waals surface area contributed by atoms with Gasteiger partial charge in [0.2, 0.25) is 5.89 Å². The van der Waals surface area contributed by atoms with E-state index in [2.05, 4.69) is 20.8 Å². The van der Waals surface area contributed by atoms with Crippen LogP contribution in [0.15, 0.2) is 4.52 Å². The molecule has 0 aliphatic carbocycles. The molecule has 84 valence electrons. The maximum Gasteiger partial charge on any atom is 0.292 e. The molecule has 1 aromatic rings. The summed E-state index contributed by atoms with van der Waals surface area (Å²) in [4.78, 5) is 15.2. The standard InChI is InChI=1S/C9H16N4O2/c1-3-10-6-5-7-12-8(13-15-7)9(14)11-4-2/h10H,3-6H2,1-2H3,(H,11,14). The Labute approximate surface area is 88.4 Å². The SMILES string of the molecule is CCNCCc1nc(C(=O)NCC)no1. The molecule has 0 saturated carbocycles. The zero-order chi connectivity index (χ0) is 11.1. The second kappa shape index (κ2) is 6.13. The monoisotopic (exact) mass is 212 g/mol. The summed E-state index contributed by atoms with van der Waals surface area (Å²) in [6.45, 7) is 6.09. The molecule has 0 aliphatic heterocycles. The summed E-state index contributed by atoms with van der Waals surface area (Å²) in [6, 6.07) is 0. The van der Waals surface area contributed by atoms with E-state index in [0.717, 1.165) is 13.1 Å². The number of carbonyl (C=O) groups excluding carboxylic acids is 1. The van der Waals surface area contributed by atoms with Crippen molar-refractivity contribution in [2.75, 3.05) is 19.6 Å². The minimum atomic E-state index is -0.295. The lowest BCUT2D eigenvalue weighted by atomic mass is 10.4. The highest BCUT2D eigenvalue weighted by atomic mass is 16.5. The quantitative estimate of drug-likeness (QED) is 0.647. The number of nitrogens with zero attached hydrogens (tertiary/aromatic N) is 2. The van der Waals surface area contributed by atoms with Crippen LogP contribution in [-0.4, -0.2) is 35.7 Å². The molecule has 0 saturated heterocycles. The van der Waals surface area contributed by atoms with Crippen molar-refractivity contribution >= 4 is 5.91 Å². The maximum absolute atomic E-state index is 11.3. The molecule has 0 spiro atoms. The number of amides is 1. The highest BCUT2D eigenvalue weighted by molar-refractivity contribution is 5.90. The van der Waals surface area contributed by atoms with E-state index in [4.69, 9.17) is 4.52 Å². The molecule has 0 unspecified atom stereocenters. The van der Waals surface area contributed by atoms with Crippen LogP contribution in [-0.2, 0) is 6.42 Å². The summed E-state index contributed by atoms with van der Waals surface area (Å²) < 4.78 is 4.92. The van der Waals surface area contributed by atoms with Gasteiger partial charge in [0.1, 0.15) is 0 Å². The molecule has 1 aromatic heterocycles. The topological polar surface area (TPSA) is 80.0 Å². The molecule has 0 bridgehead atoms. The molecule has 6 nitrogen and oxygen atoms in total. The van der Waals surface area contributed by atoms with Gasteiger partial charge in [-0.15, -0.1) is 0 Å². The van der Waals surface area contributed by atoms with Crippen molar-refractivity contribution in [3.05, 3.63) is 11.7 Å². The Bertz CT molecular complexity index is 311. The molecular weight excluding hydrogens is 196 g/mol. The van der Waals surface area contributed by atoms with Gasteiger partial charge >= 0.3 is 0 Å². The molecule has 0 fully saturated rings. The van der Waals surface area contributed by atoms with Gasteiger partial charge in [-0.1, -0.05) is 12.1 Å². The van der Waals surface area contributed by atoms with E-state index in [1.165, 1.54) is 0 Å². The van der Waals surface area contributed by atoms with Gasteiger partial charge in [-0.3, -0.25) is 4.79 Å². The van der Waals surface area contributed by atoms with Crippen molar-refractivity contribution in [2.24, 2.45) is 0 Å². The largest absolute Gasteiger partial charge is 0.349 e. The van der Waals surface area contributed by atoms with Crippen LogP contribution in [0.5, 0.6) is 0 Å². The van der Waals surface area contributed by atoms with E-state index in [1.54, 1.807) is 0 Å². The van der Waals surface area contributed by atoms with Crippen LogP contribution < -0.4 is 10.6 Å². The Morgan fingerprint density at radius 2 is 2.20 bits per heavy atom. The summed E-state index contributed by atoms with van der Waals surface area (Å²) in [5.41, 5.74) is 0. The lowest BCUT2D eigenvalue weighted by molar-refractivity contribution is 0.0942. The second-order valence-corrected chi connectivity index (χ2v) is 2.97. The number of hydrogen-bond donors (Lipinski definition) is 2. The van der Waals surface area contributed by atoms with Crippen LogP contribution in [0.25, 0.3) is 0 Å². The van der Waals surface area contributed by atoms with Crippen LogP contribution in [0, 0.1) is 0 Å². The van der Waals surface area contributed by atoms with Crippen LogP contribution in [0.3, 0.4) is 0 Å². The first-order valence-corrected chi connectivity index (χ1v) is 5.09. The average molecular weight is 212 g/mol. The predicted molar refractivity (Wildman–Crippen MR) is 54.6 cm³/mol. The van der Waals surface area contributed by atoms with E-state index >= 15 is 0 Å². The van der Waals surface area contributed by atoms with E-state index in [9.17, 15) is 4.79 Å². The lowest BCUT2D eigenvalue weighted by Gasteiger charge is -1.95. The molecule has 1 rings (SSSR count). The molecular formula is C9H16N4O2. The predicted octanol–water partition coefficient (Wildman–Crippen LogP) is -0.0287. The Hall–Kier alpha value is -1.43. The van der Waals surface area contributed by atoms with E-state index < -0.39 is 0 Å². The molecule has 15 heavy (non-hydrogen) atoms. The molecule has 0 aliphatic rings. The second-order valence-electron chi connectivity index (χ2n) is 2.97. The van der Waals surface area contributed by atoms with Crippen molar-refractivity contribution in [2.45, 2.75) is 20.3 Å². The van der Waals surface area contributed by atoms with Crippen LogP contribution in [0.4, 0.5) is 0 Å². The summed E-state index contributed by atoms with van der Waals surface area (Å²) >= 11 is 0. The highest BCUT2D eigenvalue weighted by Gasteiger charge is 2.12. The number of nitrogens with one attached hydrogen (secondary N) is 2. The zero-order valence-electron chi connectivity index (χ0n) is 9.04. The molecule has 1 amide bonds. The number of likely N-dealkylation sites (N-methyl/N-ethyl adjacent to an activating group) is 1. The third-order valence-corrected chi connectivity index (χ3v) is 1.77. The number of aromatic nitrogens is 2. The first-order valence-electron chi connectivity index (χ1n) is 5.09. The van der Waals surface area contributed by atoms with Crippen molar-refractivity contribution in [3.8, 4) is 0 Å². The van der Waals surface area contributed by atoms with Crippen molar-refractivity contribution < 1.29 is 9.32 Å². The Balaban J connectivity index is 2.45. The van der Waals surface area contributed by atoms with Crippen molar-refractivity contribution in [1.29, 1.82) is 0 Å². The summed E-state index contributed by atoms with van der Waals surface area (Å²) in [6.07, 6.45) is 0.639. The third kappa shape index (κ3) is 3.67.